The topological polar surface area (TPSA) is 9.23 Å². The predicted octanol–water partition coefficient (Wildman–Crippen LogP) is 11.4. The maximum Gasteiger partial charge on any atom is 0.119 e. The van der Waals surface area contributed by atoms with E-state index < -0.39 is 0 Å². The van der Waals surface area contributed by atoms with Gasteiger partial charge in [0.05, 0.1) is 6.61 Å². The number of rotatable bonds is 17. The molecule has 1 fully saturated rings. The van der Waals surface area contributed by atoms with E-state index in [-0.39, 0.29) is 0 Å². The van der Waals surface area contributed by atoms with Crippen molar-refractivity contribution in [3.63, 3.8) is 0 Å². The van der Waals surface area contributed by atoms with Crippen molar-refractivity contribution in [1.29, 1.82) is 0 Å². The smallest absolute Gasteiger partial charge is 0.119 e. The average Bonchev–Trinajstić information content (AvgIpc) is 2.92. The second-order valence-electron chi connectivity index (χ2n) is 11.7. The molecule has 0 saturated heterocycles. The molecule has 2 aromatic carbocycles. The minimum absolute atomic E-state index is 0.624. The number of ether oxygens (including phenoxy) is 1. The summed E-state index contributed by atoms with van der Waals surface area (Å²) in [6.07, 6.45) is 22.3. The number of unbranched alkanes of at least 4 members (excludes halogenated alkanes) is 8. The van der Waals surface area contributed by atoms with Gasteiger partial charge in [-0.05, 0) is 78.7 Å². The van der Waals surface area contributed by atoms with E-state index >= 15 is 0 Å². The van der Waals surface area contributed by atoms with Crippen molar-refractivity contribution in [2.75, 3.05) is 6.61 Å². The summed E-state index contributed by atoms with van der Waals surface area (Å²) in [6, 6.07) is 18.1. The van der Waals surface area contributed by atoms with Crippen molar-refractivity contribution in [2.24, 2.45) is 11.8 Å². The lowest BCUT2D eigenvalue weighted by Gasteiger charge is -2.29. The summed E-state index contributed by atoms with van der Waals surface area (Å²) in [7, 11) is 0. The van der Waals surface area contributed by atoms with Crippen LogP contribution < -0.4 is 4.74 Å². The quantitative estimate of drug-likeness (QED) is 0.200. The molecular formula is C35H54O. The molecule has 0 spiro atoms. The molecule has 3 rings (SSSR count). The van der Waals surface area contributed by atoms with Gasteiger partial charge >= 0.3 is 0 Å². The van der Waals surface area contributed by atoms with Gasteiger partial charge in [-0.15, -0.1) is 0 Å². The van der Waals surface area contributed by atoms with Crippen molar-refractivity contribution >= 4 is 0 Å². The molecule has 0 aromatic heterocycles. The van der Waals surface area contributed by atoms with Crippen molar-refractivity contribution in [3.05, 3.63) is 54.1 Å². The van der Waals surface area contributed by atoms with Crippen LogP contribution in [0.3, 0.4) is 0 Å². The summed E-state index contributed by atoms with van der Waals surface area (Å²) in [4.78, 5) is 0. The zero-order chi connectivity index (χ0) is 25.4. The number of benzene rings is 2. The molecule has 0 N–H and O–H groups in total. The highest BCUT2D eigenvalue weighted by Gasteiger charge is 2.22. The monoisotopic (exact) mass is 490 g/mol. The van der Waals surface area contributed by atoms with Crippen LogP contribution in [0.15, 0.2) is 48.5 Å². The van der Waals surface area contributed by atoms with Gasteiger partial charge in [-0.3, -0.25) is 0 Å². The molecule has 36 heavy (non-hydrogen) atoms. The van der Waals surface area contributed by atoms with E-state index in [1.165, 1.54) is 114 Å². The second-order valence-corrected chi connectivity index (χ2v) is 11.7. The molecule has 200 valence electrons. The Kier molecular flexibility index (Phi) is 13.5. The Balaban J connectivity index is 1.37. The first-order valence-electron chi connectivity index (χ1n) is 15.5. The zero-order valence-electron chi connectivity index (χ0n) is 23.8. The molecule has 1 saturated carbocycles. The van der Waals surface area contributed by atoms with Crippen LogP contribution in [0.5, 0.6) is 5.75 Å². The lowest BCUT2D eigenvalue weighted by atomic mass is 9.77. The molecule has 1 aliphatic rings. The molecular weight excluding hydrogens is 436 g/mol. The average molecular weight is 491 g/mol. The maximum atomic E-state index is 6.05. The van der Waals surface area contributed by atoms with E-state index in [0.29, 0.717) is 5.92 Å². The summed E-state index contributed by atoms with van der Waals surface area (Å²) in [5.41, 5.74) is 4.14. The second kappa shape index (κ2) is 16.9. The van der Waals surface area contributed by atoms with Gasteiger partial charge in [0, 0.05) is 0 Å². The fraction of sp³-hybridized carbons (Fsp3) is 0.657. The largest absolute Gasteiger partial charge is 0.493 e. The van der Waals surface area contributed by atoms with Crippen LogP contribution >= 0.6 is 0 Å². The number of hydrogen-bond acceptors (Lipinski definition) is 1. The lowest BCUT2D eigenvalue weighted by Crippen LogP contribution is -2.13. The highest BCUT2D eigenvalue weighted by atomic mass is 16.5. The van der Waals surface area contributed by atoms with E-state index in [9.17, 15) is 0 Å². The Bertz CT molecular complexity index is 798. The molecule has 0 bridgehead atoms. The maximum absolute atomic E-state index is 6.05. The Hall–Kier alpha value is -1.76. The van der Waals surface area contributed by atoms with Crippen LogP contribution in [0.1, 0.15) is 135 Å². The highest BCUT2D eigenvalue weighted by molar-refractivity contribution is 5.64. The van der Waals surface area contributed by atoms with Crippen LogP contribution in [0.25, 0.3) is 11.1 Å². The van der Waals surface area contributed by atoms with Gasteiger partial charge in [-0.1, -0.05) is 128 Å². The van der Waals surface area contributed by atoms with Gasteiger partial charge in [0.2, 0.25) is 0 Å². The van der Waals surface area contributed by atoms with E-state index in [1.54, 1.807) is 5.56 Å². The normalized spacial score (nSPS) is 18.8. The fourth-order valence-electron chi connectivity index (χ4n) is 5.93. The third-order valence-electron chi connectivity index (χ3n) is 8.47. The summed E-state index contributed by atoms with van der Waals surface area (Å²) in [5, 5.41) is 0. The fourth-order valence-corrected chi connectivity index (χ4v) is 5.93. The van der Waals surface area contributed by atoms with Crippen LogP contribution in [0.2, 0.25) is 0 Å². The van der Waals surface area contributed by atoms with Gasteiger partial charge in [-0.25, -0.2) is 0 Å². The van der Waals surface area contributed by atoms with E-state index in [2.05, 4.69) is 69.3 Å². The Morgan fingerprint density at radius 2 is 1.22 bits per heavy atom. The van der Waals surface area contributed by atoms with Crippen LogP contribution in [-0.2, 0) is 0 Å². The zero-order valence-corrected chi connectivity index (χ0v) is 23.8. The van der Waals surface area contributed by atoms with Crippen LogP contribution in [0.4, 0.5) is 0 Å². The number of hydrogen-bond donors (Lipinski definition) is 0. The van der Waals surface area contributed by atoms with Gasteiger partial charge in [0.25, 0.3) is 0 Å². The minimum Gasteiger partial charge on any atom is -0.493 e. The molecule has 0 radical (unpaired) electrons. The van der Waals surface area contributed by atoms with Crippen molar-refractivity contribution in [1.82, 2.24) is 0 Å². The Labute approximate surface area is 223 Å². The Morgan fingerprint density at radius 1 is 0.667 bits per heavy atom. The molecule has 1 unspecified atom stereocenters. The minimum atomic E-state index is 0.624. The van der Waals surface area contributed by atoms with Gasteiger partial charge in [0.1, 0.15) is 5.75 Å². The summed E-state index contributed by atoms with van der Waals surface area (Å²) in [6.45, 7) is 7.68. The predicted molar refractivity (Wildman–Crippen MR) is 158 cm³/mol. The standard InChI is InChI=1S/C35H54O/c1-4-6-8-9-10-11-13-15-30-16-18-31(19-17-30)32-20-22-33(23-21-32)34-24-26-35(27-25-34)36-28-29(3)14-12-7-5-2/h20-27,29-31H,4-19,28H2,1-3H3. The first-order chi connectivity index (χ1) is 17.7. The van der Waals surface area contributed by atoms with Gasteiger partial charge in [0.15, 0.2) is 0 Å². The lowest BCUT2D eigenvalue weighted by molar-refractivity contribution is 0.249. The molecule has 2 aromatic rings. The van der Waals surface area contributed by atoms with E-state index in [0.717, 1.165) is 24.2 Å². The Morgan fingerprint density at radius 3 is 1.86 bits per heavy atom. The van der Waals surface area contributed by atoms with E-state index in [1.807, 2.05) is 0 Å². The summed E-state index contributed by atoms with van der Waals surface area (Å²) in [5.74, 6) is 3.36. The van der Waals surface area contributed by atoms with Crippen LogP contribution in [0, 0.1) is 11.8 Å². The molecule has 0 aliphatic heterocycles. The summed E-state index contributed by atoms with van der Waals surface area (Å²) >= 11 is 0. The SMILES string of the molecule is CCCCCCCCCC1CCC(c2ccc(-c3ccc(OCC(C)CCCCC)cc3)cc2)CC1. The molecule has 0 amide bonds. The van der Waals surface area contributed by atoms with Crippen LogP contribution in [-0.4, -0.2) is 6.61 Å². The molecule has 0 heterocycles. The first-order valence-corrected chi connectivity index (χ1v) is 15.5. The summed E-state index contributed by atoms with van der Waals surface area (Å²) < 4.78 is 6.05. The highest BCUT2D eigenvalue weighted by Crippen LogP contribution is 2.38. The van der Waals surface area contributed by atoms with Crippen molar-refractivity contribution in [3.8, 4) is 16.9 Å². The van der Waals surface area contributed by atoms with Gasteiger partial charge < -0.3 is 4.74 Å². The van der Waals surface area contributed by atoms with Crippen molar-refractivity contribution < 1.29 is 4.74 Å². The first kappa shape index (κ1) is 28.8. The third-order valence-corrected chi connectivity index (χ3v) is 8.47. The van der Waals surface area contributed by atoms with Gasteiger partial charge in [-0.2, -0.15) is 0 Å². The van der Waals surface area contributed by atoms with E-state index in [4.69, 9.17) is 4.74 Å². The molecule has 1 aliphatic carbocycles. The van der Waals surface area contributed by atoms with Crippen molar-refractivity contribution in [2.45, 2.75) is 129 Å². The molecule has 1 heteroatoms. The third kappa shape index (κ3) is 10.3. The molecule has 1 atom stereocenters. The molecule has 1 nitrogen and oxygen atoms in total.